The molecular formula is C16H18N2O3S. The molecule has 0 bridgehead atoms. The summed E-state index contributed by atoms with van der Waals surface area (Å²) >= 11 is 1.31. The zero-order valence-electron chi connectivity index (χ0n) is 12.5. The molecule has 1 atom stereocenters. The van der Waals surface area contributed by atoms with Gasteiger partial charge in [0.1, 0.15) is 10.9 Å². The van der Waals surface area contributed by atoms with E-state index < -0.39 is 12.0 Å². The van der Waals surface area contributed by atoms with Crippen LogP contribution in [0.15, 0.2) is 30.3 Å². The van der Waals surface area contributed by atoms with Gasteiger partial charge in [0, 0.05) is 6.42 Å². The molecule has 22 heavy (non-hydrogen) atoms. The van der Waals surface area contributed by atoms with Gasteiger partial charge in [-0.25, -0.2) is 9.78 Å². The number of carboxylic acids is 1. The normalized spacial score (nSPS) is 11.9. The molecule has 0 spiro atoms. The van der Waals surface area contributed by atoms with Crippen LogP contribution in [0, 0.1) is 6.92 Å². The van der Waals surface area contributed by atoms with Gasteiger partial charge in [0.2, 0.25) is 0 Å². The molecule has 0 saturated carbocycles. The van der Waals surface area contributed by atoms with Gasteiger partial charge in [-0.3, -0.25) is 4.79 Å². The maximum atomic E-state index is 12.2. The van der Waals surface area contributed by atoms with Crippen molar-refractivity contribution in [2.75, 3.05) is 0 Å². The number of amides is 1. The van der Waals surface area contributed by atoms with Crippen molar-refractivity contribution < 1.29 is 14.7 Å². The van der Waals surface area contributed by atoms with Crippen molar-refractivity contribution in [2.24, 2.45) is 0 Å². The van der Waals surface area contributed by atoms with E-state index in [0.29, 0.717) is 23.4 Å². The van der Waals surface area contributed by atoms with Crippen molar-refractivity contribution in [3.05, 3.63) is 51.5 Å². The fraction of sp³-hybridized carbons (Fsp3) is 0.312. The Kier molecular flexibility index (Phi) is 5.27. The zero-order valence-corrected chi connectivity index (χ0v) is 13.3. The number of hydrogen-bond donors (Lipinski definition) is 2. The van der Waals surface area contributed by atoms with E-state index in [4.69, 9.17) is 5.11 Å². The molecule has 1 aromatic carbocycles. The van der Waals surface area contributed by atoms with Crippen molar-refractivity contribution in [3.8, 4) is 0 Å². The smallest absolute Gasteiger partial charge is 0.326 e. The van der Waals surface area contributed by atoms with Crippen LogP contribution in [0.1, 0.15) is 39.3 Å². The maximum absolute atomic E-state index is 12.2. The molecule has 1 unspecified atom stereocenters. The van der Waals surface area contributed by atoms with Crippen molar-refractivity contribution in [2.45, 2.75) is 32.7 Å². The van der Waals surface area contributed by atoms with Crippen LogP contribution in [0.25, 0.3) is 0 Å². The third kappa shape index (κ3) is 3.92. The molecule has 5 nitrogen and oxygen atoms in total. The highest BCUT2D eigenvalue weighted by molar-refractivity contribution is 7.13. The van der Waals surface area contributed by atoms with E-state index in [0.717, 1.165) is 10.6 Å². The third-order valence-corrected chi connectivity index (χ3v) is 4.41. The molecule has 6 heteroatoms. The first kappa shape index (κ1) is 16.2. The van der Waals surface area contributed by atoms with Crippen molar-refractivity contribution in [1.82, 2.24) is 10.3 Å². The lowest BCUT2D eigenvalue weighted by molar-refractivity contribution is -0.139. The largest absolute Gasteiger partial charge is 0.480 e. The van der Waals surface area contributed by atoms with Crippen LogP contribution < -0.4 is 5.32 Å². The number of aryl methyl sites for hydroxylation is 1. The lowest BCUT2D eigenvalue weighted by Gasteiger charge is -2.11. The number of hydrogen-bond acceptors (Lipinski definition) is 4. The monoisotopic (exact) mass is 318 g/mol. The van der Waals surface area contributed by atoms with Crippen molar-refractivity contribution >= 4 is 23.2 Å². The molecule has 1 amide bonds. The number of nitrogens with zero attached hydrogens (tertiary/aromatic N) is 1. The van der Waals surface area contributed by atoms with Gasteiger partial charge in [-0.05, 0) is 18.9 Å². The Morgan fingerprint density at radius 1 is 1.32 bits per heavy atom. The van der Waals surface area contributed by atoms with Crippen LogP contribution in [0.3, 0.4) is 0 Å². The number of rotatable bonds is 6. The average molecular weight is 318 g/mol. The number of carbonyl (C=O) groups is 2. The Morgan fingerprint density at radius 3 is 2.59 bits per heavy atom. The Hall–Kier alpha value is -2.21. The number of aliphatic carboxylic acids is 1. The summed E-state index contributed by atoms with van der Waals surface area (Å²) in [6.07, 6.45) is 1.01. The standard InChI is InChI=1S/C16H18N2O3S/c1-3-12(16(20)21)18-15(19)14-10(2)17-13(22-14)9-11-7-5-4-6-8-11/h4-8,12H,3,9H2,1-2H3,(H,18,19)(H,20,21). The molecule has 0 radical (unpaired) electrons. The summed E-state index contributed by atoms with van der Waals surface area (Å²) in [5, 5.41) is 12.4. The van der Waals surface area contributed by atoms with Gasteiger partial charge in [0.05, 0.1) is 10.7 Å². The predicted molar refractivity (Wildman–Crippen MR) is 85.3 cm³/mol. The molecule has 1 aromatic heterocycles. The second-order valence-electron chi connectivity index (χ2n) is 4.96. The fourth-order valence-electron chi connectivity index (χ4n) is 2.07. The lowest BCUT2D eigenvalue weighted by Crippen LogP contribution is -2.40. The SMILES string of the molecule is CCC(NC(=O)c1sc(Cc2ccccc2)nc1C)C(=O)O. The second kappa shape index (κ2) is 7.17. The number of benzene rings is 1. The zero-order chi connectivity index (χ0) is 16.1. The second-order valence-corrected chi connectivity index (χ2v) is 6.04. The highest BCUT2D eigenvalue weighted by Gasteiger charge is 2.22. The van der Waals surface area contributed by atoms with Gasteiger partial charge in [-0.1, -0.05) is 37.3 Å². The summed E-state index contributed by atoms with van der Waals surface area (Å²) in [6, 6.07) is 9.02. The highest BCUT2D eigenvalue weighted by atomic mass is 32.1. The summed E-state index contributed by atoms with van der Waals surface area (Å²) in [5.74, 6) is -1.40. The van der Waals surface area contributed by atoms with Gasteiger partial charge in [-0.2, -0.15) is 0 Å². The summed E-state index contributed by atoms with van der Waals surface area (Å²) in [5.41, 5.74) is 1.76. The molecule has 2 rings (SSSR count). The predicted octanol–water partition coefficient (Wildman–Crippen LogP) is 2.64. The molecule has 1 heterocycles. The third-order valence-electron chi connectivity index (χ3n) is 3.26. The quantitative estimate of drug-likeness (QED) is 0.858. The maximum Gasteiger partial charge on any atom is 0.326 e. The van der Waals surface area contributed by atoms with Gasteiger partial charge in [-0.15, -0.1) is 11.3 Å². The molecule has 0 fully saturated rings. The first-order valence-electron chi connectivity index (χ1n) is 7.05. The first-order chi connectivity index (χ1) is 10.5. The van der Waals surface area contributed by atoms with Crippen LogP contribution in [-0.2, 0) is 11.2 Å². The van der Waals surface area contributed by atoms with Crippen LogP contribution >= 0.6 is 11.3 Å². The molecule has 0 aliphatic heterocycles. The highest BCUT2D eigenvalue weighted by Crippen LogP contribution is 2.21. The molecule has 0 aliphatic carbocycles. The van der Waals surface area contributed by atoms with Gasteiger partial charge in [0.25, 0.3) is 5.91 Å². The summed E-state index contributed by atoms with van der Waals surface area (Å²) < 4.78 is 0. The Morgan fingerprint density at radius 2 is 2.00 bits per heavy atom. The number of aromatic nitrogens is 1. The van der Waals surface area contributed by atoms with E-state index in [9.17, 15) is 9.59 Å². The molecule has 116 valence electrons. The number of carboxylic acid groups (broad SMARTS) is 1. The average Bonchev–Trinajstić information content (AvgIpc) is 2.86. The number of nitrogens with one attached hydrogen (secondary N) is 1. The Labute approximate surface area is 133 Å². The van der Waals surface area contributed by atoms with E-state index in [1.807, 2.05) is 30.3 Å². The van der Waals surface area contributed by atoms with Crippen LogP contribution in [-0.4, -0.2) is 28.0 Å². The van der Waals surface area contributed by atoms with Crippen LogP contribution in [0.4, 0.5) is 0 Å². The molecule has 0 aliphatic rings. The van der Waals surface area contributed by atoms with E-state index in [1.165, 1.54) is 11.3 Å². The summed E-state index contributed by atoms with van der Waals surface area (Å²) in [7, 11) is 0. The minimum atomic E-state index is -1.03. The molecular weight excluding hydrogens is 300 g/mol. The molecule has 2 aromatic rings. The van der Waals surface area contributed by atoms with Crippen molar-refractivity contribution in [3.63, 3.8) is 0 Å². The van der Waals surface area contributed by atoms with Gasteiger partial charge >= 0.3 is 5.97 Å². The first-order valence-corrected chi connectivity index (χ1v) is 7.86. The minimum absolute atomic E-state index is 0.343. The number of carbonyl (C=O) groups excluding carboxylic acids is 1. The van der Waals surface area contributed by atoms with Gasteiger partial charge < -0.3 is 10.4 Å². The molecule has 2 N–H and O–H groups in total. The van der Waals surface area contributed by atoms with Gasteiger partial charge in [0.15, 0.2) is 0 Å². The Balaban J connectivity index is 2.12. The fourth-order valence-corrected chi connectivity index (χ4v) is 3.07. The van der Waals surface area contributed by atoms with Crippen LogP contribution in [0.5, 0.6) is 0 Å². The van der Waals surface area contributed by atoms with E-state index >= 15 is 0 Å². The lowest BCUT2D eigenvalue weighted by atomic mass is 10.2. The number of thiazole rings is 1. The topological polar surface area (TPSA) is 79.3 Å². The molecule has 0 saturated heterocycles. The minimum Gasteiger partial charge on any atom is -0.480 e. The summed E-state index contributed by atoms with van der Waals surface area (Å²) in [4.78, 5) is 28.1. The summed E-state index contributed by atoms with van der Waals surface area (Å²) in [6.45, 7) is 3.49. The van der Waals surface area contributed by atoms with E-state index in [1.54, 1.807) is 13.8 Å². The van der Waals surface area contributed by atoms with Crippen LogP contribution in [0.2, 0.25) is 0 Å². The Bertz CT molecular complexity index is 667. The van der Waals surface area contributed by atoms with Crippen molar-refractivity contribution in [1.29, 1.82) is 0 Å². The van der Waals surface area contributed by atoms with E-state index in [-0.39, 0.29) is 5.91 Å². The van der Waals surface area contributed by atoms with E-state index in [2.05, 4.69) is 10.3 Å².